The molecule has 0 saturated carbocycles. The summed E-state index contributed by atoms with van der Waals surface area (Å²) < 4.78 is 10.5. The second-order valence-corrected chi connectivity index (χ2v) is 5.36. The van der Waals surface area contributed by atoms with Crippen LogP contribution in [-0.2, 0) is 9.59 Å². The van der Waals surface area contributed by atoms with Gasteiger partial charge in [-0.05, 0) is 18.6 Å². The van der Waals surface area contributed by atoms with Crippen LogP contribution in [-0.4, -0.2) is 55.4 Å². The third-order valence-electron chi connectivity index (χ3n) is 4.01. The molecule has 7 nitrogen and oxygen atoms in total. The first kappa shape index (κ1) is 17.1. The van der Waals surface area contributed by atoms with Crippen molar-refractivity contribution < 1.29 is 24.2 Å². The first-order valence-corrected chi connectivity index (χ1v) is 7.42. The molecule has 0 radical (unpaired) electrons. The topological polar surface area (TPSA) is 79.3 Å². The Morgan fingerprint density at radius 3 is 2.70 bits per heavy atom. The highest BCUT2D eigenvalue weighted by atomic mass is 16.5. The average molecular weight is 322 g/mol. The van der Waals surface area contributed by atoms with Gasteiger partial charge in [0.2, 0.25) is 11.8 Å². The Morgan fingerprint density at radius 2 is 2.13 bits per heavy atom. The number of benzene rings is 1. The summed E-state index contributed by atoms with van der Waals surface area (Å²) in [7, 11) is 3.06. The fraction of sp³-hybridized carbons (Fsp3) is 0.500. The minimum Gasteiger partial charge on any atom is -0.497 e. The number of aliphatic hydroxyl groups excluding tert-OH is 1. The standard InChI is InChI=1S/C16H22N2O5/c1-11(20)17(10-18-12(9-19)4-7-16(18)21)14-6-5-13(22-2)8-15(14)23-3/h5-6,8,12,19H,4,7,9-10H2,1-3H3. The predicted molar refractivity (Wildman–Crippen MR) is 84.5 cm³/mol. The lowest BCUT2D eigenvalue weighted by Gasteiger charge is -2.31. The van der Waals surface area contributed by atoms with Crippen molar-refractivity contribution in [2.75, 3.05) is 32.4 Å². The van der Waals surface area contributed by atoms with E-state index in [9.17, 15) is 14.7 Å². The van der Waals surface area contributed by atoms with Crippen LogP contribution in [0.3, 0.4) is 0 Å². The minimum atomic E-state index is -0.256. The fourth-order valence-electron chi connectivity index (χ4n) is 2.68. The van der Waals surface area contributed by atoms with Crippen LogP contribution in [0.5, 0.6) is 11.5 Å². The van der Waals surface area contributed by atoms with E-state index in [-0.39, 0.29) is 31.1 Å². The monoisotopic (exact) mass is 322 g/mol. The Kier molecular flexibility index (Phi) is 5.44. The lowest BCUT2D eigenvalue weighted by Crippen LogP contribution is -2.46. The molecule has 7 heteroatoms. The normalized spacial score (nSPS) is 17.3. The first-order valence-electron chi connectivity index (χ1n) is 7.42. The van der Waals surface area contributed by atoms with E-state index >= 15 is 0 Å². The van der Waals surface area contributed by atoms with Gasteiger partial charge in [-0.2, -0.15) is 0 Å². The molecule has 1 N–H and O–H groups in total. The quantitative estimate of drug-likeness (QED) is 0.845. The molecule has 1 aromatic carbocycles. The molecule has 0 spiro atoms. The number of likely N-dealkylation sites (tertiary alicyclic amines) is 1. The number of ether oxygens (including phenoxy) is 2. The molecule has 1 unspecified atom stereocenters. The summed E-state index contributed by atoms with van der Waals surface area (Å²) >= 11 is 0. The zero-order chi connectivity index (χ0) is 17.0. The molecule has 1 heterocycles. The number of rotatable bonds is 6. The molecule has 1 aliphatic rings. The minimum absolute atomic E-state index is 0.0669. The number of anilines is 1. The molecule has 2 rings (SSSR count). The number of amides is 2. The van der Waals surface area contributed by atoms with Gasteiger partial charge < -0.3 is 19.5 Å². The number of aliphatic hydroxyl groups is 1. The highest BCUT2D eigenvalue weighted by molar-refractivity contribution is 5.94. The molecule has 1 saturated heterocycles. The Morgan fingerprint density at radius 1 is 1.39 bits per heavy atom. The van der Waals surface area contributed by atoms with Crippen LogP contribution in [0.25, 0.3) is 0 Å². The van der Waals surface area contributed by atoms with Crippen molar-refractivity contribution in [2.24, 2.45) is 0 Å². The summed E-state index contributed by atoms with van der Waals surface area (Å²) in [6.07, 6.45) is 0.984. The van der Waals surface area contributed by atoms with E-state index in [1.54, 1.807) is 25.3 Å². The van der Waals surface area contributed by atoms with Crippen LogP contribution in [0.15, 0.2) is 18.2 Å². The Balaban J connectivity index is 2.32. The van der Waals surface area contributed by atoms with Crippen LogP contribution in [0, 0.1) is 0 Å². The van der Waals surface area contributed by atoms with Crippen molar-refractivity contribution in [3.05, 3.63) is 18.2 Å². The van der Waals surface area contributed by atoms with E-state index in [1.165, 1.54) is 23.8 Å². The van der Waals surface area contributed by atoms with Gasteiger partial charge >= 0.3 is 0 Å². The Hall–Kier alpha value is -2.28. The molecule has 0 bridgehead atoms. The third kappa shape index (κ3) is 3.56. The van der Waals surface area contributed by atoms with Crippen molar-refractivity contribution in [3.8, 4) is 11.5 Å². The predicted octanol–water partition coefficient (Wildman–Crippen LogP) is 0.997. The first-order chi connectivity index (χ1) is 11.0. The maximum Gasteiger partial charge on any atom is 0.225 e. The van der Waals surface area contributed by atoms with Gasteiger partial charge in [0.15, 0.2) is 0 Å². The fourth-order valence-corrected chi connectivity index (χ4v) is 2.68. The zero-order valence-corrected chi connectivity index (χ0v) is 13.6. The van der Waals surface area contributed by atoms with Gasteiger partial charge in [-0.1, -0.05) is 0 Å². The summed E-state index contributed by atoms with van der Waals surface area (Å²) in [6, 6.07) is 4.87. The van der Waals surface area contributed by atoms with E-state index in [2.05, 4.69) is 0 Å². The van der Waals surface area contributed by atoms with Crippen molar-refractivity contribution in [1.82, 2.24) is 4.90 Å². The van der Waals surface area contributed by atoms with Crippen LogP contribution < -0.4 is 14.4 Å². The molecule has 126 valence electrons. The Bertz CT molecular complexity index is 590. The zero-order valence-electron chi connectivity index (χ0n) is 13.6. The second kappa shape index (κ2) is 7.32. The Labute approximate surface area is 135 Å². The summed E-state index contributed by atoms with van der Waals surface area (Å²) in [5, 5.41) is 9.41. The van der Waals surface area contributed by atoms with Gasteiger partial charge in [0, 0.05) is 19.4 Å². The van der Waals surface area contributed by atoms with Gasteiger partial charge in [0.25, 0.3) is 0 Å². The van der Waals surface area contributed by atoms with E-state index in [0.717, 1.165) is 0 Å². The maximum absolute atomic E-state index is 12.1. The smallest absolute Gasteiger partial charge is 0.225 e. The number of methoxy groups -OCH3 is 2. The number of hydrogen-bond donors (Lipinski definition) is 1. The van der Waals surface area contributed by atoms with Gasteiger partial charge in [0.05, 0.1) is 32.6 Å². The summed E-state index contributed by atoms with van der Waals surface area (Å²) in [4.78, 5) is 27.1. The van der Waals surface area contributed by atoms with Gasteiger partial charge in [-0.15, -0.1) is 0 Å². The molecule has 1 aromatic rings. The lowest BCUT2D eigenvalue weighted by atomic mass is 10.2. The molecular weight excluding hydrogens is 300 g/mol. The summed E-state index contributed by atoms with van der Waals surface area (Å²) in [5.74, 6) is 0.805. The number of nitrogens with zero attached hydrogens (tertiary/aromatic N) is 2. The van der Waals surface area contributed by atoms with Crippen molar-refractivity contribution in [3.63, 3.8) is 0 Å². The van der Waals surface area contributed by atoms with Crippen molar-refractivity contribution >= 4 is 17.5 Å². The highest BCUT2D eigenvalue weighted by Gasteiger charge is 2.33. The van der Waals surface area contributed by atoms with Gasteiger partial charge in [-0.3, -0.25) is 14.5 Å². The molecule has 2 amide bonds. The van der Waals surface area contributed by atoms with Crippen LogP contribution >= 0.6 is 0 Å². The van der Waals surface area contributed by atoms with Gasteiger partial charge in [-0.25, -0.2) is 0 Å². The van der Waals surface area contributed by atoms with E-state index in [4.69, 9.17) is 9.47 Å². The molecule has 1 fully saturated rings. The average Bonchev–Trinajstić information content (AvgIpc) is 2.91. The van der Waals surface area contributed by atoms with E-state index in [1.807, 2.05) is 0 Å². The van der Waals surface area contributed by atoms with Crippen LogP contribution in [0.4, 0.5) is 5.69 Å². The van der Waals surface area contributed by atoms with Crippen LogP contribution in [0.2, 0.25) is 0 Å². The van der Waals surface area contributed by atoms with E-state index in [0.29, 0.717) is 30.0 Å². The lowest BCUT2D eigenvalue weighted by molar-refractivity contribution is -0.129. The third-order valence-corrected chi connectivity index (χ3v) is 4.01. The molecule has 1 aliphatic heterocycles. The molecule has 1 atom stereocenters. The number of carbonyl (C=O) groups is 2. The number of hydrogen-bond acceptors (Lipinski definition) is 5. The van der Waals surface area contributed by atoms with Crippen molar-refractivity contribution in [1.29, 1.82) is 0 Å². The van der Waals surface area contributed by atoms with Gasteiger partial charge in [0.1, 0.15) is 18.2 Å². The summed E-state index contributed by atoms with van der Waals surface area (Å²) in [6.45, 7) is 1.40. The van der Waals surface area contributed by atoms with Crippen molar-refractivity contribution in [2.45, 2.75) is 25.8 Å². The van der Waals surface area contributed by atoms with Crippen LogP contribution in [0.1, 0.15) is 19.8 Å². The molecule has 0 aliphatic carbocycles. The SMILES string of the molecule is COc1ccc(N(CN2C(=O)CCC2CO)C(C)=O)c(OC)c1. The summed E-state index contributed by atoms with van der Waals surface area (Å²) in [5.41, 5.74) is 0.553. The number of carbonyl (C=O) groups excluding carboxylic acids is 2. The molecule has 23 heavy (non-hydrogen) atoms. The highest BCUT2D eigenvalue weighted by Crippen LogP contribution is 2.33. The largest absolute Gasteiger partial charge is 0.497 e. The van der Waals surface area contributed by atoms with E-state index < -0.39 is 0 Å². The maximum atomic E-state index is 12.1. The molecule has 0 aromatic heterocycles. The molecular formula is C16H22N2O5. The second-order valence-electron chi connectivity index (χ2n) is 5.36.